The van der Waals surface area contributed by atoms with Crippen LogP contribution in [0, 0.1) is 49.4 Å². The highest BCUT2D eigenvalue weighted by Crippen LogP contribution is 2.65. The van der Waals surface area contributed by atoms with E-state index in [-0.39, 0.29) is 41.4 Å². The van der Waals surface area contributed by atoms with Crippen LogP contribution in [0.1, 0.15) is 27.9 Å². The molecule has 32 heavy (non-hydrogen) atoms. The predicted octanol–water partition coefficient (Wildman–Crippen LogP) is 4.88. The zero-order valence-electron chi connectivity index (χ0n) is 17.8. The molecule has 1 saturated heterocycles. The van der Waals surface area contributed by atoms with Crippen LogP contribution in [0.3, 0.4) is 0 Å². The van der Waals surface area contributed by atoms with Gasteiger partial charge in [-0.3, -0.25) is 19.3 Å². The van der Waals surface area contributed by atoms with E-state index < -0.39 is 0 Å². The lowest BCUT2D eigenvalue weighted by Crippen LogP contribution is -2.40. The number of halogens is 1. The Hall–Kier alpha value is -2.73. The molecule has 1 heterocycles. The van der Waals surface area contributed by atoms with E-state index in [9.17, 15) is 14.4 Å². The Morgan fingerprint density at radius 3 is 2.09 bits per heavy atom. The Kier molecular flexibility index (Phi) is 4.28. The van der Waals surface area contributed by atoms with Crippen LogP contribution in [0.25, 0.3) is 0 Å². The third-order valence-electron chi connectivity index (χ3n) is 8.02. The van der Waals surface area contributed by atoms with Crippen LogP contribution < -0.4 is 10.2 Å². The van der Waals surface area contributed by atoms with Gasteiger partial charge in [-0.05, 0) is 91.5 Å². The summed E-state index contributed by atoms with van der Waals surface area (Å²) in [6.45, 7) is 3.96. The van der Waals surface area contributed by atoms with Gasteiger partial charge in [0.25, 0.3) is 5.91 Å². The average Bonchev–Trinajstić information content (AvgIpc) is 3.58. The Morgan fingerprint density at radius 1 is 0.906 bits per heavy atom. The quantitative estimate of drug-likeness (QED) is 0.492. The van der Waals surface area contributed by atoms with Gasteiger partial charge in [0, 0.05) is 15.7 Å². The fourth-order valence-corrected chi connectivity index (χ4v) is 6.52. The highest BCUT2D eigenvalue weighted by atomic mass is 79.9. The van der Waals surface area contributed by atoms with E-state index in [0.29, 0.717) is 23.1 Å². The first-order valence-corrected chi connectivity index (χ1v) is 11.9. The highest BCUT2D eigenvalue weighted by molar-refractivity contribution is 9.10. The molecule has 0 radical (unpaired) electrons. The van der Waals surface area contributed by atoms with Crippen LogP contribution in [-0.4, -0.2) is 17.7 Å². The van der Waals surface area contributed by atoms with Gasteiger partial charge in [0.1, 0.15) is 0 Å². The number of amides is 3. The summed E-state index contributed by atoms with van der Waals surface area (Å²) in [7, 11) is 0. The molecule has 0 aromatic heterocycles. The molecule has 0 unspecified atom stereocenters. The third-order valence-corrected chi connectivity index (χ3v) is 8.88. The van der Waals surface area contributed by atoms with E-state index in [1.807, 2.05) is 26.0 Å². The maximum atomic E-state index is 13.2. The Morgan fingerprint density at radius 2 is 1.50 bits per heavy atom. The second kappa shape index (κ2) is 6.88. The van der Waals surface area contributed by atoms with Gasteiger partial charge >= 0.3 is 0 Å². The summed E-state index contributed by atoms with van der Waals surface area (Å²) in [5, 5.41) is 2.96. The van der Waals surface area contributed by atoms with Crippen molar-refractivity contribution >= 4 is 45.0 Å². The number of anilines is 2. The molecule has 5 nitrogen and oxygen atoms in total. The van der Waals surface area contributed by atoms with E-state index in [1.165, 1.54) is 4.90 Å². The number of nitrogens with zero attached hydrogens (tertiary/aromatic N) is 1. The first kappa shape index (κ1) is 19.9. The predicted molar refractivity (Wildman–Crippen MR) is 125 cm³/mol. The van der Waals surface area contributed by atoms with Gasteiger partial charge in [0.2, 0.25) is 11.8 Å². The summed E-state index contributed by atoms with van der Waals surface area (Å²) in [6.07, 6.45) is 5.50. The standard InChI is InChI=1S/C26H23BrN2O3/c1-12-13(2)21(10-9-20(12)27)28-24(30)14-3-5-15(6-4-14)29-25(31)22-16-7-8-17(19-11-18(16)19)23(22)26(29)32/h3-10,16-19,22-23H,11H2,1-2H3,(H,28,30)/t16-,17-,18-,19-,22-,23+/m0/s1. The summed E-state index contributed by atoms with van der Waals surface area (Å²) >= 11 is 3.50. The van der Waals surface area contributed by atoms with E-state index >= 15 is 0 Å². The molecule has 2 saturated carbocycles. The van der Waals surface area contributed by atoms with E-state index in [1.54, 1.807) is 24.3 Å². The summed E-state index contributed by atoms with van der Waals surface area (Å²) < 4.78 is 0.999. The van der Waals surface area contributed by atoms with Crippen molar-refractivity contribution in [2.24, 2.45) is 35.5 Å². The fraction of sp³-hybridized carbons (Fsp3) is 0.346. The first-order valence-electron chi connectivity index (χ1n) is 11.1. The summed E-state index contributed by atoms with van der Waals surface area (Å²) in [6, 6.07) is 10.6. The van der Waals surface area contributed by atoms with Crippen molar-refractivity contribution < 1.29 is 14.4 Å². The molecule has 6 heteroatoms. The zero-order valence-corrected chi connectivity index (χ0v) is 19.4. The molecule has 1 aliphatic heterocycles. The molecule has 2 bridgehead atoms. The van der Waals surface area contributed by atoms with Gasteiger partial charge < -0.3 is 5.32 Å². The van der Waals surface area contributed by atoms with Gasteiger partial charge in [0.05, 0.1) is 17.5 Å². The molecule has 0 spiro atoms. The van der Waals surface area contributed by atoms with Crippen molar-refractivity contribution in [3.05, 3.63) is 69.7 Å². The highest BCUT2D eigenvalue weighted by Gasteiger charge is 2.67. The van der Waals surface area contributed by atoms with Crippen molar-refractivity contribution in [3.8, 4) is 0 Å². The van der Waals surface area contributed by atoms with Crippen LogP contribution in [0.4, 0.5) is 11.4 Å². The number of imide groups is 1. The number of rotatable bonds is 3. The van der Waals surface area contributed by atoms with Gasteiger partial charge in [-0.1, -0.05) is 28.1 Å². The van der Waals surface area contributed by atoms with Crippen molar-refractivity contribution in [3.63, 3.8) is 0 Å². The Bertz CT molecular complexity index is 1180. The van der Waals surface area contributed by atoms with Crippen molar-refractivity contribution in [2.75, 3.05) is 10.2 Å². The molecule has 3 fully saturated rings. The molecular weight excluding hydrogens is 468 g/mol. The summed E-state index contributed by atoms with van der Waals surface area (Å²) in [4.78, 5) is 40.6. The molecule has 6 atom stereocenters. The monoisotopic (exact) mass is 490 g/mol. The van der Waals surface area contributed by atoms with Gasteiger partial charge in [-0.15, -0.1) is 0 Å². The minimum atomic E-state index is -0.226. The van der Waals surface area contributed by atoms with Crippen LogP contribution in [0.2, 0.25) is 0 Å². The lowest BCUT2D eigenvalue weighted by Gasteiger charge is -2.37. The Balaban J connectivity index is 1.23. The molecular formula is C26H23BrN2O3. The topological polar surface area (TPSA) is 66.5 Å². The van der Waals surface area contributed by atoms with Gasteiger partial charge in [-0.25, -0.2) is 0 Å². The lowest BCUT2D eigenvalue weighted by molar-refractivity contribution is -0.124. The van der Waals surface area contributed by atoms with Crippen LogP contribution >= 0.6 is 15.9 Å². The maximum Gasteiger partial charge on any atom is 0.255 e. The fourth-order valence-electron chi connectivity index (χ4n) is 6.09. The Labute approximate surface area is 195 Å². The molecule has 162 valence electrons. The number of carbonyl (C=O) groups is 3. The molecule has 7 rings (SSSR count). The SMILES string of the molecule is Cc1c(Br)ccc(NC(=O)c2ccc(N3C(=O)[C@@H]4[C@H]5C=C[C@@H]([C@@H]6C[C@@H]56)[C@@H]4C3=O)cc2)c1C. The summed E-state index contributed by atoms with van der Waals surface area (Å²) in [5.74, 6) is 0.764. The van der Waals surface area contributed by atoms with Gasteiger partial charge in [0.15, 0.2) is 0 Å². The molecule has 2 aromatic rings. The van der Waals surface area contributed by atoms with Crippen molar-refractivity contribution in [1.82, 2.24) is 0 Å². The van der Waals surface area contributed by atoms with Crippen molar-refractivity contribution in [2.45, 2.75) is 20.3 Å². The number of hydrogen-bond donors (Lipinski definition) is 1. The zero-order chi connectivity index (χ0) is 22.3. The number of nitrogens with one attached hydrogen (secondary N) is 1. The van der Waals surface area contributed by atoms with Crippen LogP contribution in [0.5, 0.6) is 0 Å². The summed E-state index contributed by atoms with van der Waals surface area (Å²) in [5.41, 5.74) is 3.87. The smallest absolute Gasteiger partial charge is 0.255 e. The molecule has 2 aromatic carbocycles. The number of hydrogen-bond acceptors (Lipinski definition) is 3. The van der Waals surface area contributed by atoms with Crippen LogP contribution in [-0.2, 0) is 9.59 Å². The molecule has 3 amide bonds. The molecule has 5 aliphatic rings. The van der Waals surface area contributed by atoms with E-state index in [2.05, 4.69) is 33.4 Å². The normalized spacial score (nSPS) is 31.5. The van der Waals surface area contributed by atoms with Gasteiger partial charge in [-0.2, -0.15) is 0 Å². The second-order valence-electron chi connectivity index (χ2n) is 9.51. The average molecular weight is 491 g/mol. The van der Waals surface area contributed by atoms with E-state index in [0.717, 1.165) is 27.7 Å². The van der Waals surface area contributed by atoms with E-state index in [4.69, 9.17) is 0 Å². The lowest BCUT2D eigenvalue weighted by atomic mass is 9.63. The number of allylic oxidation sites excluding steroid dienone is 2. The first-order chi connectivity index (χ1) is 15.4. The van der Waals surface area contributed by atoms with Crippen LogP contribution in [0.15, 0.2) is 53.0 Å². The minimum Gasteiger partial charge on any atom is -0.322 e. The minimum absolute atomic E-state index is 0.0807. The second-order valence-corrected chi connectivity index (χ2v) is 10.4. The largest absolute Gasteiger partial charge is 0.322 e. The molecule has 4 aliphatic carbocycles. The third kappa shape index (κ3) is 2.71. The molecule has 1 N–H and O–H groups in total. The van der Waals surface area contributed by atoms with Crippen molar-refractivity contribution in [1.29, 1.82) is 0 Å². The number of benzene rings is 2. The number of carbonyl (C=O) groups excluding carboxylic acids is 3. The maximum absolute atomic E-state index is 13.2.